The van der Waals surface area contributed by atoms with Gasteiger partial charge in [0.15, 0.2) is 0 Å². The fourth-order valence-electron chi connectivity index (χ4n) is 3.69. The Morgan fingerprint density at radius 1 is 1.18 bits per heavy atom. The molecule has 1 N–H and O–H groups in total. The first kappa shape index (κ1) is 17.1. The van der Waals surface area contributed by atoms with Crippen molar-refractivity contribution in [3.8, 4) is 0 Å². The molecular formula is C16H28N2O4. The maximum atomic E-state index is 12.4. The fraction of sp³-hybridized carbons (Fsp3) is 0.875. The highest BCUT2D eigenvalue weighted by atomic mass is 16.6. The Balaban J connectivity index is 2.19. The van der Waals surface area contributed by atoms with Crippen LogP contribution in [0.1, 0.15) is 52.9 Å². The molecule has 2 heterocycles. The molecule has 2 fully saturated rings. The van der Waals surface area contributed by atoms with Gasteiger partial charge in [-0.1, -0.05) is 6.42 Å². The van der Waals surface area contributed by atoms with Gasteiger partial charge in [-0.05, 0) is 53.5 Å². The van der Waals surface area contributed by atoms with Crippen LogP contribution in [0.15, 0.2) is 0 Å². The number of nitrogens with one attached hydrogen (secondary N) is 1. The SMILES string of the molecule is COC(=O)C1(NC(=O)OC(C)(C)C)CC2CCCC(C1)N2C. The normalized spacial score (nSPS) is 32.2. The van der Waals surface area contributed by atoms with Crippen molar-refractivity contribution < 1.29 is 19.1 Å². The minimum atomic E-state index is -0.973. The number of carbonyl (C=O) groups is 2. The molecule has 6 heteroatoms. The molecule has 2 atom stereocenters. The molecule has 0 aromatic carbocycles. The second-order valence-electron chi connectivity index (χ2n) is 7.51. The average molecular weight is 312 g/mol. The molecule has 6 nitrogen and oxygen atoms in total. The van der Waals surface area contributed by atoms with E-state index < -0.39 is 17.2 Å². The summed E-state index contributed by atoms with van der Waals surface area (Å²) in [6.07, 6.45) is 3.85. The van der Waals surface area contributed by atoms with E-state index in [1.807, 2.05) is 0 Å². The molecule has 2 saturated heterocycles. The summed E-state index contributed by atoms with van der Waals surface area (Å²) in [5.74, 6) is -0.372. The first-order valence-corrected chi connectivity index (χ1v) is 7.98. The second kappa shape index (κ2) is 6.07. The number of hydrogen-bond donors (Lipinski definition) is 1. The van der Waals surface area contributed by atoms with Crippen molar-refractivity contribution in [1.82, 2.24) is 10.2 Å². The number of alkyl carbamates (subject to hydrolysis) is 1. The maximum absolute atomic E-state index is 12.4. The summed E-state index contributed by atoms with van der Waals surface area (Å²) < 4.78 is 10.3. The third kappa shape index (κ3) is 3.54. The Bertz CT molecular complexity index is 430. The van der Waals surface area contributed by atoms with Gasteiger partial charge in [-0.3, -0.25) is 0 Å². The molecule has 0 aromatic heterocycles. The van der Waals surface area contributed by atoms with Crippen LogP contribution >= 0.6 is 0 Å². The number of hydrogen-bond acceptors (Lipinski definition) is 5. The van der Waals surface area contributed by atoms with E-state index in [4.69, 9.17) is 9.47 Å². The zero-order chi connectivity index (χ0) is 16.5. The molecular weight excluding hydrogens is 284 g/mol. The predicted octanol–water partition coefficient (Wildman–Crippen LogP) is 2.07. The first-order valence-electron chi connectivity index (χ1n) is 7.98. The minimum Gasteiger partial charge on any atom is -0.467 e. The van der Waals surface area contributed by atoms with Crippen molar-refractivity contribution in [2.45, 2.75) is 76.1 Å². The van der Waals surface area contributed by atoms with Crippen LogP contribution in [-0.4, -0.2) is 54.3 Å². The number of esters is 1. The van der Waals surface area contributed by atoms with E-state index in [-0.39, 0.29) is 5.97 Å². The van der Waals surface area contributed by atoms with Crippen LogP contribution in [0.2, 0.25) is 0 Å². The summed E-state index contributed by atoms with van der Waals surface area (Å²) in [5.41, 5.74) is -1.57. The Labute approximate surface area is 132 Å². The van der Waals surface area contributed by atoms with E-state index in [2.05, 4.69) is 17.3 Å². The van der Waals surface area contributed by atoms with Crippen LogP contribution < -0.4 is 5.32 Å². The molecule has 0 spiro atoms. The number of nitrogens with zero attached hydrogens (tertiary/aromatic N) is 1. The van der Waals surface area contributed by atoms with Crippen LogP contribution in [-0.2, 0) is 14.3 Å². The number of ether oxygens (including phenoxy) is 2. The van der Waals surface area contributed by atoms with Crippen molar-refractivity contribution in [3.63, 3.8) is 0 Å². The summed E-state index contributed by atoms with van der Waals surface area (Å²) in [6.45, 7) is 5.42. The van der Waals surface area contributed by atoms with Crippen LogP contribution in [0, 0.1) is 0 Å². The highest BCUT2D eigenvalue weighted by Gasteiger charge is 2.51. The highest BCUT2D eigenvalue weighted by molar-refractivity contribution is 5.86. The topological polar surface area (TPSA) is 67.9 Å². The molecule has 2 aliphatic rings. The molecule has 0 radical (unpaired) electrons. The van der Waals surface area contributed by atoms with Gasteiger partial charge in [0, 0.05) is 12.1 Å². The number of rotatable bonds is 2. The Kier molecular flexibility index (Phi) is 4.70. The molecule has 22 heavy (non-hydrogen) atoms. The van der Waals surface area contributed by atoms with Crippen LogP contribution in [0.4, 0.5) is 4.79 Å². The quantitative estimate of drug-likeness (QED) is 0.791. The van der Waals surface area contributed by atoms with E-state index in [9.17, 15) is 9.59 Å². The van der Waals surface area contributed by atoms with Crippen LogP contribution in [0.3, 0.4) is 0 Å². The molecule has 126 valence electrons. The molecule has 2 aliphatic heterocycles. The molecule has 2 rings (SSSR count). The van der Waals surface area contributed by atoms with E-state index in [1.54, 1.807) is 20.8 Å². The lowest BCUT2D eigenvalue weighted by Gasteiger charge is -2.51. The molecule has 2 unspecified atom stereocenters. The summed E-state index contributed by atoms with van der Waals surface area (Å²) in [7, 11) is 3.47. The number of amides is 1. The molecule has 2 bridgehead atoms. The smallest absolute Gasteiger partial charge is 0.408 e. The van der Waals surface area contributed by atoms with Crippen LogP contribution in [0.25, 0.3) is 0 Å². The van der Waals surface area contributed by atoms with Gasteiger partial charge >= 0.3 is 12.1 Å². The third-order valence-electron chi connectivity index (χ3n) is 4.71. The van der Waals surface area contributed by atoms with E-state index in [0.29, 0.717) is 24.9 Å². The minimum absolute atomic E-state index is 0.293. The van der Waals surface area contributed by atoms with E-state index >= 15 is 0 Å². The zero-order valence-corrected chi connectivity index (χ0v) is 14.3. The van der Waals surface area contributed by atoms with E-state index in [0.717, 1.165) is 12.8 Å². The van der Waals surface area contributed by atoms with Crippen molar-refractivity contribution in [3.05, 3.63) is 0 Å². The van der Waals surface area contributed by atoms with Gasteiger partial charge in [-0.2, -0.15) is 0 Å². The van der Waals surface area contributed by atoms with Crippen molar-refractivity contribution in [1.29, 1.82) is 0 Å². The summed E-state index contributed by atoms with van der Waals surface area (Å²) in [6, 6.07) is 0.586. The highest BCUT2D eigenvalue weighted by Crippen LogP contribution is 2.39. The van der Waals surface area contributed by atoms with Crippen molar-refractivity contribution in [2.24, 2.45) is 0 Å². The van der Waals surface area contributed by atoms with Gasteiger partial charge in [-0.25, -0.2) is 9.59 Å². The molecule has 0 saturated carbocycles. The Morgan fingerprint density at radius 2 is 1.73 bits per heavy atom. The van der Waals surface area contributed by atoms with Crippen LogP contribution in [0.5, 0.6) is 0 Å². The average Bonchev–Trinajstić information content (AvgIpc) is 2.37. The van der Waals surface area contributed by atoms with Gasteiger partial charge in [0.1, 0.15) is 11.1 Å². The Hall–Kier alpha value is -1.30. The monoisotopic (exact) mass is 312 g/mol. The second-order valence-corrected chi connectivity index (χ2v) is 7.51. The molecule has 0 aromatic rings. The third-order valence-corrected chi connectivity index (χ3v) is 4.71. The van der Waals surface area contributed by atoms with Gasteiger partial charge in [0.25, 0.3) is 0 Å². The number of carbonyl (C=O) groups excluding carboxylic acids is 2. The fourth-order valence-corrected chi connectivity index (χ4v) is 3.69. The largest absolute Gasteiger partial charge is 0.467 e. The maximum Gasteiger partial charge on any atom is 0.408 e. The lowest BCUT2D eigenvalue weighted by molar-refractivity contribution is -0.154. The van der Waals surface area contributed by atoms with E-state index in [1.165, 1.54) is 13.5 Å². The van der Waals surface area contributed by atoms with Gasteiger partial charge < -0.3 is 19.7 Å². The van der Waals surface area contributed by atoms with Gasteiger partial charge in [0.2, 0.25) is 0 Å². The molecule has 0 aliphatic carbocycles. The van der Waals surface area contributed by atoms with Crippen molar-refractivity contribution >= 4 is 12.1 Å². The summed E-state index contributed by atoms with van der Waals surface area (Å²) in [4.78, 5) is 27.0. The van der Waals surface area contributed by atoms with Gasteiger partial charge in [0.05, 0.1) is 7.11 Å². The number of methoxy groups -OCH3 is 1. The lowest BCUT2D eigenvalue weighted by Crippen LogP contribution is -2.66. The Morgan fingerprint density at radius 3 is 2.18 bits per heavy atom. The predicted molar refractivity (Wildman–Crippen MR) is 82.5 cm³/mol. The zero-order valence-electron chi connectivity index (χ0n) is 14.3. The number of fused-ring (bicyclic) bond motifs is 2. The van der Waals surface area contributed by atoms with Gasteiger partial charge in [-0.15, -0.1) is 0 Å². The lowest BCUT2D eigenvalue weighted by atomic mass is 9.74. The summed E-state index contributed by atoms with van der Waals surface area (Å²) in [5, 5.41) is 2.83. The molecule has 1 amide bonds. The van der Waals surface area contributed by atoms with Crippen molar-refractivity contribution in [2.75, 3.05) is 14.2 Å². The number of piperidine rings is 2. The first-order chi connectivity index (χ1) is 10.2. The standard InChI is InChI=1S/C16H28N2O4/c1-15(2,3)22-14(20)17-16(13(19)21-5)9-11-7-6-8-12(10-16)18(11)4/h11-12H,6-10H2,1-5H3,(H,17,20). The summed E-state index contributed by atoms with van der Waals surface area (Å²) >= 11 is 0.